The molecular formula is C13H19BrFN3. The number of nitrogens with zero attached hydrogens (tertiary/aromatic N) is 1. The van der Waals surface area contributed by atoms with Crippen molar-refractivity contribution in [3.05, 3.63) is 28.5 Å². The van der Waals surface area contributed by atoms with Crippen molar-refractivity contribution in [3.8, 4) is 0 Å². The predicted octanol–water partition coefficient (Wildman–Crippen LogP) is 2.42. The number of hydrogen-bond acceptors (Lipinski definition) is 3. The zero-order chi connectivity index (χ0) is 13.2. The summed E-state index contributed by atoms with van der Waals surface area (Å²) in [5.74, 6) is -0.247. The lowest BCUT2D eigenvalue weighted by atomic mass is 9.89. The van der Waals surface area contributed by atoms with Crippen molar-refractivity contribution in [1.82, 2.24) is 4.90 Å². The highest BCUT2D eigenvalue weighted by Gasteiger charge is 2.32. The zero-order valence-corrected chi connectivity index (χ0v) is 12.1. The van der Waals surface area contributed by atoms with Gasteiger partial charge in [0.15, 0.2) is 0 Å². The maximum absolute atomic E-state index is 13.2. The summed E-state index contributed by atoms with van der Waals surface area (Å²) in [6.07, 6.45) is 2.17. The summed E-state index contributed by atoms with van der Waals surface area (Å²) in [6, 6.07) is 4.98. The Morgan fingerprint density at radius 1 is 1.56 bits per heavy atom. The summed E-state index contributed by atoms with van der Waals surface area (Å²) in [4.78, 5) is 2.28. The predicted molar refractivity (Wildman–Crippen MR) is 76.2 cm³/mol. The van der Waals surface area contributed by atoms with Crippen LogP contribution in [-0.4, -0.2) is 37.1 Å². The van der Waals surface area contributed by atoms with E-state index >= 15 is 0 Å². The highest BCUT2D eigenvalue weighted by Crippen LogP contribution is 2.27. The second-order valence-electron chi connectivity index (χ2n) is 5.08. The summed E-state index contributed by atoms with van der Waals surface area (Å²) in [7, 11) is 2.10. The van der Waals surface area contributed by atoms with Crippen LogP contribution in [0.5, 0.6) is 0 Å². The normalized spacial score (nSPS) is 25.1. The van der Waals surface area contributed by atoms with Gasteiger partial charge in [0.1, 0.15) is 5.82 Å². The summed E-state index contributed by atoms with van der Waals surface area (Å²) in [6.45, 7) is 2.60. The van der Waals surface area contributed by atoms with E-state index in [1.807, 2.05) is 0 Å². The fourth-order valence-corrected chi connectivity index (χ4v) is 2.94. The van der Waals surface area contributed by atoms with Crippen molar-refractivity contribution in [3.63, 3.8) is 0 Å². The van der Waals surface area contributed by atoms with Gasteiger partial charge < -0.3 is 16.0 Å². The van der Waals surface area contributed by atoms with Crippen molar-refractivity contribution in [2.75, 3.05) is 32.0 Å². The molecule has 1 aromatic carbocycles. The van der Waals surface area contributed by atoms with Crippen LogP contribution in [0.25, 0.3) is 0 Å². The van der Waals surface area contributed by atoms with Crippen molar-refractivity contribution < 1.29 is 4.39 Å². The summed E-state index contributed by atoms with van der Waals surface area (Å²) in [5.41, 5.74) is 6.74. The van der Waals surface area contributed by atoms with Gasteiger partial charge in [0, 0.05) is 18.8 Å². The summed E-state index contributed by atoms with van der Waals surface area (Å²) >= 11 is 3.21. The average Bonchev–Trinajstić information content (AvgIpc) is 2.34. The lowest BCUT2D eigenvalue weighted by Crippen LogP contribution is -2.56. The molecule has 3 N–H and O–H groups in total. The van der Waals surface area contributed by atoms with E-state index in [0.29, 0.717) is 11.0 Å². The number of nitrogens with two attached hydrogens (primary N) is 1. The van der Waals surface area contributed by atoms with Crippen LogP contribution in [0.3, 0.4) is 0 Å². The fraction of sp³-hybridized carbons (Fsp3) is 0.538. The van der Waals surface area contributed by atoms with E-state index < -0.39 is 0 Å². The van der Waals surface area contributed by atoms with E-state index in [1.165, 1.54) is 6.07 Å². The van der Waals surface area contributed by atoms with E-state index in [9.17, 15) is 4.39 Å². The van der Waals surface area contributed by atoms with Gasteiger partial charge in [0.2, 0.25) is 0 Å². The molecule has 100 valence electrons. The molecular weight excluding hydrogens is 297 g/mol. The molecule has 0 spiro atoms. The largest absolute Gasteiger partial charge is 0.377 e. The molecule has 18 heavy (non-hydrogen) atoms. The van der Waals surface area contributed by atoms with Crippen molar-refractivity contribution in [2.45, 2.75) is 18.4 Å². The number of rotatable bonds is 3. The second kappa shape index (κ2) is 5.55. The Balaban J connectivity index is 2.16. The quantitative estimate of drug-likeness (QED) is 0.900. The molecule has 0 radical (unpaired) electrons. The number of piperidine rings is 1. The van der Waals surface area contributed by atoms with Gasteiger partial charge in [0.05, 0.1) is 10.0 Å². The minimum atomic E-state index is -0.247. The highest BCUT2D eigenvalue weighted by atomic mass is 79.9. The molecule has 0 aromatic heterocycles. The minimum absolute atomic E-state index is 0.107. The van der Waals surface area contributed by atoms with E-state index in [2.05, 4.69) is 33.2 Å². The minimum Gasteiger partial charge on any atom is -0.377 e. The third kappa shape index (κ3) is 3.02. The number of halogens is 2. The van der Waals surface area contributed by atoms with E-state index in [1.54, 1.807) is 12.1 Å². The molecule has 0 amide bonds. The zero-order valence-electron chi connectivity index (χ0n) is 10.5. The molecule has 1 heterocycles. The monoisotopic (exact) mass is 315 g/mol. The topological polar surface area (TPSA) is 41.3 Å². The maximum atomic E-state index is 13.2. The lowest BCUT2D eigenvalue weighted by molar-refractivity contribution is 0.198. The number of anilines is 1. The van der Waals surface area contributed by atoms with Gasteiger partial charge in [0.25, 0.3) is 0 Å². The van der Waals surface area contributed by atoms with Crippen LogP contribution < -0.4 is 11.1 Å². The SMILES string of the molecule is CN1CCCC(CN)(Nc2ccc(F)c(Br)c2)C1. The van der Waals surface area contributed by atoms with Gasteiger partial charge in [-0.05, 0) is 60.6 Å². The average molecular weight is 316 g/mol. The molecule has 1 aliphatic heterocycles. The molecule has 0 bridgehead atoms. The van der Waals surface area contributed by atoms with Crippen LogP contribution in [0.4, 0.5) is 10.1 Å². The number of nitrogens with one attached hydrogen (secondary N) is 1. The van der Waals surface area contributed by atoms with Gasteiger partial charge >= 0.3 is 0 Å². The van der Waals surface area contributed by atoms with Crippen LogP contribution in [-0.2, 0) is 0 Å². The molecule has 3 nitrogen and oxygen atoms in total. The van der Waals surface area contributed by atoms with E-state index in [0.717, 1.165) is 31.6 Å². The first-order valence-corrected chi connectivity index (χ1v) is 6.96. The number of hydrogen-bond donors (Lipinski definition) is 2. The summed E-state index contributed by atoms with van der Waals surface area (Å²) < 4.78 is 13.7. The highest BCUT2D eigenvalue weighted by molar-refractivity contribution is 9.10. The Bertz CT molecular complexity index is 427. The first-order chi connectivity index (χ1) is 8.54. The van der Waals surface area contributed by atoms with Crippen LogP contribution in [0, 0.1) is 5.82 Å². The van der Waals surface area contributed by atoms with Gasteiger partial charge in [-0.1, -0.05) is 0 Å². The Kier molecular flexibility index (Phi) is 4.25. The maximum Gasteiger partial charge on any atom is 0.137 e. The molecule has 0 aliphatic carbocycles. The van der Waals surface area contributed by atoms with Crippen molar-refractivity contribution in [2.24, 2.45) is 5.73 Å². The van der Waals surface area contributed by atoms with Crippen LogP contribution in [0.2, 0.25) is 0 Å². The lowest BCUT2D eigenvalue weighted by Gasteiger charge is -2.42. The first kappa shape index (κ1) is 13.8. The molecule has 5 heteroatoms. The van der Waals surface area contributed by atoms with Crippen molar-refractivity contribution >= 4 is 21.6 Å². The van der Waals surface area contributed by atoms with Crippen LogP contribution in [0.15, 0.2) is 22.7 Å². The molecule has 2 rings (SSSR count). The Hall–Kier alpha value is -0.650. The Morgan fingerprint density at radius 3 is 2.94 bits per heavy atom. The Labute approximate surface area is 116 Å². The second-order valence-corrected chi connectivity index (χ2v) is 5.93. The van der Waals surface area contributed by atoms with Crippen molar-refractivity contribution in [1.29, 1.82) is 0 Å². The molecule has 1 fully saturated rings. The Morgan fingerprint density at radius 2 is 2.33 bits per heavy atom. The van der Waals surface area contributed by atoms with Crippen LogP contribution >= 0.6 is 15.9 Å². The van der Waals surface area contributed by atoms with E-state index in [-0.39, 0.29) is 11.4 Å². The fourth-order valence-electron chi connectivity index (χ4n) is 2.56. The molecule has 1 unspecified atom stereocenters. The molecule has 0 saturated carbocycles. The number of likely N-dealkylation sites (tertiary alicyclic amines) is 1. The third-order valence-corrected chi connectivity index (χ3v) is 4.10. The number of benzene rings is 1. The van der Waals surface area contributed by atoms with Gasteiger partial charge in [-0.15, -0.1) is 0 Å². The molecule has 1 saturated heterocycles. The van der Waals surface area contributed by atoms with Crippen LogP contribution in [0.1, 0.15) is 12.8 Å². The molecule has 1 aromatic rings. The van der Waals surface area contributed by atoms with Gasteiger partial charge in [-0.3, -0.25) is 0 Å². The number of likely N-dealkylation sites (N-methyl/N-ethyl adjacent to an activating group) is 1. The third-order valence-electron chi connectivity index (χ3n) is 3.49. The summed E-state index contributed by atoms with van der Waals surface area (Å²) in [5, 5.41) is 3.48. The standard InChI is InChI=1S/C13H19BrFN3/c1-18-6-2-5-13(8-16,9-18)17-10-3-4-12(15)11(14)7-10/h3-4,7,17H,2,5-6,8-9,16H2,1H3. The molecule has 1 aliphatic rings. The van der Waals surface area contributed by atoms with Gasteiger partial charge in [-0.2, -0.15) is 0 Å². The first-order valence-electron chi connectivity index (χ1n) is 6.16. The smallest absolute Gasteiger partial charge is 0.137 e. The van der Waals surface area contributed by atoms with Gasteiger partial charge in [-0.25, -0.2) is 4.39 Å². The molecule has 1 atom stereocenters. The van der Waals surface area contributed by atoms with E-state index in [4.69, 9.17) is 5.73 Å².